The summed E-state index contributed by atoms with van der Waals surface area (Å²) in [5, 5.41) is 27.5. The average Bonchev–Trinajstić information content (AvgIpc) is 2.37. The molecular formula is C13H18BrF2NO4. The second kappa shape index (κ2) is 9.26. The minimum absolute atomic E-state index is 0.112. The van der Waals surface area contributed by atoms with Gasteiger partial charge in [0.2, 0.25) is 0 Å². The van der Waals surface area contributed by atoms with Gasteiger partial charge in [-0.3, -0.25) is 4.90 Å². The number of rotatable bonds is 9. The van der Waals surface area contributed by atoms with Crippen molar-refractivity contribution in [3.63, 3.8) is 0 Å². The maximum atomic E-state index is 13.5. The molecule has 0 aliphatic rings. The molecule has 0 bridgehead atoms. The molecule has 8 heteroatoms. The van der Waals surface area contributed by atoms with Crippen LogP contribution < -0.4 is 4.74 Å². The average molecular weight is 370 g/mol. The predicted molar refractivity (Wildman–Crippen MR) is 76.2 cm³/mol. The van der Waals surface area contributed by atoms with Gasteiger partial charge in [-0.1, -0.05) is 15.9 Å². The van der Waals surface area contributed by atoms with Crippen molar-refractivity contribution in [3.8, 4) is 5.75 Å². The Morgan fingerprint density at radius 3 is 2.14 bits per heavy atom. The lowest BCUT2D eigenvalue weighted by atomic mass is 10.3. The van der Waals surface area contributed by atoms with Crippen LogP contribution in [-0.2, 0) is 0 Å². The zero-order valence-corrected chi connectivity index (χ0v) is 12.9. The van der Waals surface area contributed by atoms with Crippen molar-refractivity contribution in [1.29, 1.82) is 0 Å². The highest BCUT2D eigenvalue weighted by Gasteiger charge is 2.16. The highest BCUT2D eigenvalue weighted by molar-refractivity contribution is 9.10. The molecule has 3 N–H and O–H groups in total. The van der Waals surface area contributed by atoms with Gasteiger partial charge in [-0.15, -0.1) is 0 Å². The first-order valence-electron chi connectivity index (χ1n) is 6.37. The number of nitrogens with zero attached hydrogens (tertiary/aromatic N) is 1. The summed E-state index contributed by atoms with van der Waals surface area (Å²) >= 11 is 2.96. The van der Waals surface area contributed by atoms with Gasteiger partial charge in [-0.2, -0.15) is 0 Å². The molecule has 0 heterocycles. The third kappa shape index (κ3) is 6.23. The molecule has 0 aromatic heterocycles. The lowest BCUT2D eigenvalue weighted by Crippen LogP contribution is -2.39. The van der Waals surface area contributed by atoms with Crippen LogP contribution in [-0.4, -0.2) is 65.8 Å². The van der Waals surface area contributed by atoms with Crippen LogP contribution in [0.2, 0.25) is 0 Å². The fourth-order valence-electron chi connectivity index (χ4n) is 1.77. The molecule has 1 atom stereocenters. The summed E-state index contributed by atoms with van der Waals surface area (Å²) in [4.78, 5) is 1.61. The molecule has 0 amide bonds. The van der Waals surface area contributed by atoms with Gasteiger partial charge in [0.1, 0.15) is 12.7 Å². The third-order valence-electron chi connectivity index (χ3n) is 2.68. The van der Waals surface area contributed by atoms with Crippen molar-refractivity contribution < 1.29 is 28.8 Å². The first-order chi connectivity index (χ1) is 9.97. The van der Waals surface area contributed by atoms with E-state index in [1.807, 2.05) is 0 Å². The van der Waals surface area contributed by atoms with Crippen LogP contribution in [0.25, 0.3) is 0 Å². The Morgan fingerprint density at radius 1 is 1.14 bits per heavy atom. The fraction of sp³-hybridized carbons (Fsp3) is 0.538. The first kappa shape index (κ1) is 18.2. The number of halogens is 3. The van der Waals surface area contributed by atoms with Crippen molar-refractivity contribution >= 4 is 15.9 Å². The van der Waals surface area contributed by atoms with Crippen molar-refractivity contribution in [2.45, 2.75) is 6.10 Å². The molecule has 0 unspecified atom stereocenters. The molecule has 0 saturated heterocycles. The molecule has 1 rings (SSSR count). The topological polar surface area (TPSA) is 73.2 Å². The van der Waals surface area contributed by atoms with Gasteiger partial charge in [0, 0.05) is 24.1 Å². The third-order valence-corrected chi connectivity index (χ3v) is 3.14. The van der Waals surface area contributed by atoms with Gasteiger partial charge in [-0.25, -0.2) is 8.78 Å². The molecule has 0 radical (unpaired) electrons. The van der Waals surface area contributed by atoms with Crippen LogP contribution in [0, 0.1) is 11.6 Å². The van der Waals surface area contributed by atoms with Gasteiger partial charge < -0.3 is 20.1 Å². The summed E-state index contributed by atoms with van der Waals surface area (Å²) in [6.45, 7) is 0.119. The number of aliphatic hydroxyl groups is 3. The lowest BCUT2D eigenvalue weighted by molar-refractivity contribution is 0.0530. The molecular weight excluding hydrogens is 352 g/mol. The summed E-state index contributed by atoms with van der Waals surface area (Å²) in [5.74, 6) is -2.28. The zero-order valence-electron chi connectivity index (χ0n) is 11.3. The van der Waals surface area contributed by atoms with E-state index in [0.717, 1.165) is 12.1 Å². The smallest absolute Gasteiger partial charge is 0.190 e. The highest BCUT2D eigenvalue weighted by atomic mass is 79.9. The van der Waals surface area contributed by atoms with Gasteiger partial charge >= 0.3 is 0 Å². The SMILES string of the molecule is OCCN(CCO)C[C@@H](O)COc1c(F)cc(Br)cc1F. The Labute approximate surface area is 129 Å². The molecule has 0 spiro atoms. The molecule has 120 valence electrons. The summed E-state index contributed by atoms with van der Waals surface area (Å²) < 4.78 is 32.2. The van der Waals surface area contributed by atoms with E-state index in [0.29, 0.717) is 0 Å². The Kier molecular flexibility index (Phi) is 8.05. The molecule has 21 heavy (non-hydrogen) atoms. The maximum Gasteiger partial charge on any atom is 0.190 e. The van der Waals surface area contributed by atoms with E-state index in [1.54, 1.807) is 4.90 Å². The van der Waals surface area contributed by atoms with E-state index in [2.05, 4.69) is 15.9 Å². The van der Waals surface area contributed by atoms with E-state index < -0.39 is 23.5 Å². The highest BCUT2D eigenvalue weighted by Crippen LogP contribution is 2.25. The van der Waals surface area contributed by atoms with E-state index in [4.69, 9.17) is 14.9 Å². The maximum absolute atomic E-state index is 13.5. The Hall–Kier alpha value is -0.800. The summed E-state index contributed by atoms with van der Waals surface area (Å²) in [5.41, 5.74) is 0. The van der Waals surface area contributed by atoms with E-state index in [9.17, 15) is 13.9 Å². The Morgan fingerprint density at radius 2 is 1.67 bits per heavy atom. The Balaban J connectivity index is 2.54. The van der Waals surface area contributed by atoms with Crippen molar-refractivity contribution in [1.82, 2.24) is 4.90 Å². The van der Waals surface area contributed by atoms with Crippen LogP contribution >= 0.6 is 15.9 Å². The van der Waals surface area contributed by atoms with Crippen LogP contribution in [0.3, 0.4) is 0 Å². The second-order valence-corrected chi connectivity index (χ2v) is 5.33. The number of ether oxygens (including phenoxy) is 1. The quantitative estimate of drug-likeness (QED) is 0.599. The fourth-order valence-corrected chi connectivity index (χ4v) is 2.18. The predicted octanol–water partition coefficient (Wildman–Crippen LogP) is 0.754. The van der Waals surface area contributed by atoms with Gasteiger partial charge in [0.25, 0.3) is 0 Å². The van der Waals surface area contributed by atoms with Gasteiger partial charge in [0.05, 0.1) is 13.2 Å². The largest absolute Gasteiger partial charge is 0.485 e. The molecule has 0 aliphatic heterocycles. The molecule has 0 aliphatic carbocycles. The number of hydrogen-bond acceptors (Lipinski definition) is 5. The second-order valence-electron chi connectivity index (χ2n) is 4.41. The van der Waals surface area contributed by atoms with Crippen LogP contribution in [0.1, 0.15) is 0 Å². The van der Waals surface area contributed by atoms with Crippen LogP contribution in [0.15, 0.2) is 16.6 Å². The van der Waals surface area contributed by atoms with E-state index in [-0.39, 0.29) is 43.9 Å². The van der Waals surface area contributed by atoms with E-state index >= 15 is 0 Å². The Bertz CT molecular complexity index is 421. The van der Waals surface area contributed by atoms with Crippen molar-refractivity contribution in [2.24, 2.45) is 0 Å². The van der Waals surface area contributed by atoms with E-state index in [1.165, 1.54) is 0 Å². The standard InChI is InChI=1S/C13H18BrF2NO4/c14-9-5-11(15)13(12(16)6-9)21-8-10(20)7-17(1-3-18)2-4-19/h5-6,10,18-20H,1-4,7-8H2/t10-/m1/s1. The van der Waals surface area contributed by atoms with Gasteiger partial charge in [-0.05, 0) is 12.1 Å². The lowest BCUT2D eigenvalue weighted by Gasteiger charge is -2.23. The minimum atomic E-state index is -1.01. The van der Waals surface area contributed by atoms with Crippen LogP contribution in [0.5, 0.6) is 5.75 Å². The minimum Gasteiger partial charge on any atom is -0.485 e. The molecule has 1 aromatic rings. The zero-order chi connectivity index (χ0) is 15.8. The van der Waals surface area contributed by atoms with Crippen LogP contribution in [0.4, 0.5) is 8.78 Å². The van der Waals surface area contributed by atoms with Crippen molar-refractivity contribution in [3.05, 3.63) is 28.2 Å². The summed E-state index contributed by atoms with van der Waals surface area (Å²) in [7, 11) is 0. The normalized spacial score (nSPS) is 12.7. The number of aliphatic hydroxyl groups excluding tert-OH is 3. The molecule has 0 fully saturated rings. The number of benzene rings is 1. The molecule has 5 nitrogen and oxygen atoms in total. The summed E-state index contributed by atoms with van der Waals surface area (Å²) in [6.07, 6.45) is -1.01. The molecule has 1 aromatic carbocycles. The summed E-state index contributed by atoms with van der Waals surface area (Å²) in [6, 6.07) is 2.13. The monoisotopic (exact) mass is 369 g/mol. The van der Waals surface area contributed by atoms with Gasteiger partial charge in [0.15, 0.2) is 17.4 Å². The van der Waals surface area contributed by atoms with Crippen molar-refractivity contribution in [2.75, 3.05) is 39.5 Å². The number of hydrogen-bond donors (Lipinski definition) is 3. The first-order valence-corrected chi connectivity index (χ1v) is 7.16. The molecule has 0 saturated carbocycles.